The minimum Gasteiger partial charge on any atom is -0.295 e. The summed E-state index contributed by atoms with van der Waals surface area (Å²) in [5.41, 5.74) is -0.906. The van der Waals surface area contributed by atoms with Crippen molar-refractivity contribution >= 4 is 11.8 Å². The summed E-state index contributed by atoms with van der Waals surface area (Å²) in [6, 6.07) is 2.96. The maximum atomic E-state index is 13.5. The maximum absolute atomic E-state index is 13.5. The highest BCUT2D eigenvalue weighted by molar-refractivity contribution is 6.02. The Morgan fingerprint density at radius 1 is 1.32 bits per heavy atom. The number of nitrogens with zero attached hydrogens (tertiary/aromatic N) is 1. The summed E-state index contributed by atoms with van der Waals surface area (Å²) in [7, 11) is 0. The topological polar surface area (TPSA) is 49.4 Å². The van der Waals surface area contributed by atoms with Gasteiger partial charge in [0.1, 0.15) is 11.6 Å². The number of carbonyl (C=O) groups is 2. The predicted molar refractivity (Wildman–Crippen MR) is 64.0 cm³/mol. The summed E-state index contributed by atoms with van der Waals surface area (Å²) in [6.07, 6.45) is 0. The normalized spacial score (nSPS) is 18.8. The molecule has 4 nitrogen and oxygen atoms in total. The van der Waals surface area contributed by atoms with Crippen molar-refractivity contribution in [1.29, 1.82) is 0 Å². The Kier molecular flexibility index (Phi) is 3.36. The number of nitrogens with one attached hydrogen (secondary N) is 1. The van der Waals surface area contributed by atoms with E-state index in [4.69, 9.17) is 0 Å². The third-order valence-electron chi connectivity index (χ3n) is 3.10. The van der Waals surface area contributed by atoms with Crippen molar-refractivity contribution < 1.29 is 18.4 Å². The zero-order valence-corrected chi connectivity index (χ0v) is 10.7. The molecule has 0 aliphatic carbocycles. The van der Waals surface area contributed by atoms with Crippen molar-refractivity contribution in [1.82, 2.24) is 10.2 Å². The molecule has 0 bridgehead atoms. The largest absolute Gasteiger partial charge is 0.295 e. The van der Waals surface area contributed by atoms with Crippen LogP contribution in [0.15, 0.2) is 18.2 Å². The average Bonchev–Trinajstić information content (AvgIpc) is 2.34. The third kappa shape index (κ3) is 2.63. The molecule has 1 aromatic rings. The molecule has 19 heavy (non-hydrogen) atoms. The van der Waals surface area contributed by atoms with Crippen LogP contribution in [0.1, 0.15) is 19.4 Å². The van der Waals surface area contributed by atoms with Crippen LogP contribution in [0.5, 0.6) is 0 Å². The van der Waals surface area contributed by atoms with E-state index in [9.17, 15) is 18.4 Å². The number of halogens is 2. The Balaban J connectivity index is 2.28. The average molecular weight is 268 g/mol. The highest BCUT2D eigenvalue weighted by Gasteiger charge is 2.39. The van der Waals surface area contributed by atoms with Crippen LogP contribution in [0.3, 0.4) is 0 Å². The predicted octanol–water partition coefficient (Wildman–Crippen LogP) is 1.20. The number of rotatable bonds is 2. The fraction of sp³-hybridized carbons (Fsp3) is 0.385. The number of carbonyl (C=O) groups excluding carboxylic acids is 2. The molecule has 0 saturated carbocycles. The molecule has 2 amide bonds. The standard InChI is InChI=1S/C13H14F2N2O2/c1-13(2)12(19)17(11(18)6-16-13)7-8-5-9(14)3-4-10(8)15/h3-5,16H,6-7H2,1-2H3. The zero-order valence-electron chi connectivity index (χ0n) is 10.7. The SMILES string of the molecule is CC1(C)NCC(=O)N(Cc2cc(F)ccc2F)C1=O. The summed E-state index contributed by atoms with van der Waals surface area (Å²) >= 11 is 0. The van der Waals surface area contributed by atoms with Crippen molar-refractivity contribution in [3.8, 4) is 0 Å². The van der Waals surface area contributed by atoms with Gasteiger partial charge in [-0.2, -0.15) is 0 Å². The Morgan fingerprint density at radius 3 is 2.68 bits per heavy atom. The van der Waals surface area contributed by atoms with Gasteiger partial charge in [-0.1, -0.05) is 0 Å². The van der Waals surface area contributed by atoms with Gasteiger partial charge in [-0.3, -0.25) is 19.8 Å². The smallest absolute Gasteiger partial charge is 0.249 e. The van der Waals surface area contributed by atoms with Crippen LogP contribution < -0.4 is 5.32 Å². The second kappa shape index (κ2) is 4.70. The molecule has 1 N–H and O–H groups in total. The summed E-state index contributed by atoms with van der Waals surface area (Å²) < 4.78 is 26.6. The minimum absolute atomic E-state index is 0.00429. The molecule has 1 saturated heterocycles. The molecule has 2 rings (SSSR count). The number of imide groups is 1. The first-order valence-electron chi connectivity index (χ1n) is 5.85. The molecule has 1 aliphatic rings. The van der Waals surface area contributed by atoms with E-state index >= 15 is 0 Å². The quantitative estimate of drug-likeness (QED) is 0.820. The van der Waals surface area contributed by atoms with Gasteiger partial charge in [0.05, 0.1) is 18.6 Å². The summed E-state index contributed by atoms with van der Waals surface area (Å²) in [4.78, 5) is 24.8. The van der Waals surface area contributed by atoms with Gasteiger partial charge >= 0.3 is 0 Å². The van der Waals surface area contributed by atoms with E-state index < -0.39 is 29.0 Å². The first-order valence-corrected chi connectivity index (χ1v) is 5.85. The molecule has 0 unspecified atom stereocenters. The van der Waals surface area contributed by atoms with Crippen LogP contribution in [-0.2, 0) is 16.1 Å². The molecule has 0 atom stereocenters. The molecule has 0 radical (unpaired) electrons. The van der Waals surface area contributed by atoms with Gasteiger partial charge in [0.25, 0.3) is 0 Å². The van der Waals surface area contributed by atoms with Crippen LogP contribution in [0.4, 0.5) is 8.78 Å². The van der Waals surface area contributed by atoms with Gasteiger partial charge in [-0.05, 0) is 32.0 Å². The molecule has 1 fully saturated rings. The van der Waals surface area contributed by atoms with Crippen LogP contribution in [0.2, 0.25) is 0 Å². The first kappa shape index (κ1) is 13.6. The van der Waals surface area contributed by atoms with Crippen LogP contribution in [0, 0.1) is 11.6 Å². The van der Waals surface area contributed by atoms with E-state index in [1.54, 1.807) is 13.8 Å². The van der Waals surface area contributed by atoms with Crippen molar-refractivity contribution in [2.45, 2.75) is 25.9 Å². The van der Waals surface area contributed by atoms with E-state index in [1.165, 1.54) is 0 Å². The van der Waals surface area contributed by atoms with E-state index in [2.05, 4.69) is 5.32 Å². The maximum Gasteiger partial charge on any atom is 0.249 e. The summed E-state index contributed by atoms with van der Waals surface area (Å²) in [6.45, 7) is 3.01. The number of piperazine rings is 1. The van der Waals surface area contributed by atoms with Gasteiger partial charge < -0.3 is 0 Å². The lowest BCUT2D eigenvalue weighted by Gasteiger charge is -2.36. The summed E-state index contributed by atoms with van der Waals surface area (Å²) in [5, 5.41) is 2.79. The number of hydrogen-bond donors (Lipinski definition) is 1. The first-order chi connectivity index (χ1) is 8.81. The van der Waals surface area contributed by atoms with Crippen molar-refractivity contribution in [3.05, 3.63) is 35.4 Å². The van der Waals surface area contributed by atoms with E-state index in [0.717, 1.165) is 23.1 Å². The molecule has 0 spiro atoms. The third-order valence-corrected chi connectivity index (χ3v) is 3.10. The monoisotopic (exact) mass is 268 g/mol. The van der Waals surface area contributed by atoms with Gasteiger partial charge in [0.15, 0.2) is 0 Å². The fourth-order valence-corrected chi connectivity index (χ4v) is 1.91. The molecular formula is C13H14F2N2O2. The van der Waals surface area contributed by atoms with Crippen LogP contribution in [0.25, 0.3) is 0 Å². The van der Waals surface area contributed by atoms with Crippen LogP contribution >= 0.6 is 0 Å². The number of benzene rings is 1. The Morgan fingerprint density at radius 2 is 2.00 bits per heavy atom. The van der Waals surface area contributed by atoms with E-state index in [-0.39, 0.29) is 18.7 Å². The molecule has 1 aliphatic heterocycles. The Bertz CT molecular complexity index is 543. The lowest BCUT2D eigenvalue weighted by atomic mass is 10.00. The van der Waals surface area contributed by atoms with E-state index in [1.807, 2.05) is 0 Å². The molecule has 6 heteroatoms. The highest BCUT2D eigenvalue weighted by Crippen LogP contribution is 2.18. The van der Waals surface area contributed by atoms with E-state index in [0.29, 0.717) is 0 Å². The Hall–Kier alpha value is -1.82. The van der Waals surface area contributed by atoms with Crippen molar-refractivity contribution in [2.75, 3.05) is 6.54 Å². The molecule has 1 aromatic carbocycles. The summed E-state index contributed by atoms with van der Waals surface area (Å²) in [5.74, 6) is -2.15. The van der Waals surface area contributed by atoms with Crippen molar-refractivity contribution in [2.24, 2.45) is 0 Å². The molecule has 1 heterocycles. The molecule has 102 valence electrons. The second-order valence-corrected chi connectivity index (χ2v) is 5.00. The van der Waals surface area contributed by atoms with Gasteiger partial charge in [0, 0.05) is 5.56 Å². The lowest BCUT2D eigenvalue weighted by Crippen LogP contribution is -2.63. The highest BCUT2D eigenvalue weighted by atomic mass is 19.1. The van der Waals surface area contributed by atoms with Gasteiger partial charge in [-0.25, -0.2) is 8.78 Å². The number of hydrogen-bond acceptors (Lipinski definition) is 3. The molecule has 0 aromatic heterocycles. The fourth-order valence-electron chi connectivity index (χ4n) is 1.91. The second-order valence-electron chi connectivity index (χ2n) is 5.00. The van der Waals surface area contributed by atoms with Crippen molar-refractivity contribution in [3.63, 3.8) is 0 Å². The Labute approximate surface area is 109 Å². The number of amides is 2. The van der Waals surface area contributed by atoms with Gasteiger partial charge in [-0.15, -0.1) is 0 Å². The van der Waals surface area contributed by atoms with Crippen LogP contribution in [-0.4, -0.2) is 28.8 Å². The molecular weight excluding hydrogens is 254 g/mol. The van der Waals surface area contributed by atoms with Gasteiger partial charge in [0.2, 0.25) is 11.8 Å². The lowest BCUT2D eigenvalue weighted by molar-refractivity contribution is -0.153. The zero-order chi connectivity index (χ0) is 14.2. The minimum atomic E-state index is -0.891.